The molecular formula is C22H23N5O. The Morgan fingerprint density at radius 1 is 1.25 bits per heavy atom. The third-order valence-corrected chi connectivity index (χ3v) is 5.20. The number of nitrogens with one attached hydrogen (secondary N) is 1. The maximum absolute atomic E-state index is 13.1. The van der Waals surface area contributed by atoms with E-state index in [0.717, 1.165) is 35.1 Å². The van der Waals surface area contributed by atoms with Gasteiger partial charge in [-0.1, -0.05) is 12.1 Å². The Morgan fingerprint density at radius 3 is 2.57 bits per heavy atom. The van der Waals surface area contributed by atoms with Crippen LogP contribution in [0.15, 0.2) is 36.5 Å². The van der Waals surface area contributed by atoms with E-state index in [-0.39, 0.29) is 18.0 Å². The quantitative estimate of drug-likeness (QED) is 0.724. The van der Waals surface area contributed by atoms with Crippen molar-refractivity contribution in [2.45, 2.75) is 51.6 Å². The minimum atomic E-state index is -0.173. The predicted molar refractivity (Wildman–Crippen MR) is 107 cm³/mol. The molecular weight excluding hydrogens is 350 g/mol. The average molecular weight is 373 g/mol. The highest BCUT2D eigenvalue weighted by molar-refractivity contribution is 6.05. The Kier molecular flexibility index (Phi) is 4.60. The molecule has 1 N–H and O–H groups in total. The third-order valence-electron chi connectivity index (χ3n) is 5.20. The van der Waals surface area contributed by atoms with Crippen LogP contribution in [-0.2, 0) is 0 Å². The van der Waals surface area contributed by atoms with Gasteiger partial charge in [-0.3, -0.25) is 4.79 Å². The van der Waals surface area contributed by atoms with Gasteiger partial charge in [0.2, 0.25) is 0 Å². The topological polar surface area (TPSA) is 83.6 Å². The van der Waals surface area contributed by atoms with Crippen molar-refractivity contribution in [3.05, 3.63) is 58.9 Å². The van der Waals surface area contributed by atoms with Gasteiger partial charge in [-0.2, -0.15) is 10.4 Å². The number of fused-ring (bicyclic) bond motifs is 1. The summed E-state index contributed by atoms with van der Waals surface area (Å²) in [6, 6.07) is 11.3. The second-order valence-electron chi connectivity index (χ2n) is 7.72. The summed E-state index contributed by atoms with van der Waals surface area (Å²) in [5.74, 6) is 0.317. The summed E-state index contributed by atoms with van der Waals surface area (Å²) in [5.41, 5.74) is 3.94. The molecule has 1 unspecified atom stereocenters. The number of nitriles is 1. The van der Waals surface area contributed by atoms with Gasteiger partial charge in [0.1, 0.15) is 0 Å². The van der Waals surface area contributed by atoms with Gasteiger partial charge < -0.3 is 5.32 Å². The summed E-state index contributed by atoms with van der Waals surface area (Å²) >= 11 is 0. The van der Waals surface area contributed by atoms with Crippen LogP contribution in [0.1, 0.15) is 78.8 Å². The lowest BCUT2D eigenvalue weighted by molar-refractivity contribution is 0.0941. The minimum absolute atomic E-state index is 0.130. The van der Waals surface area contributed by atoms with Crippen molar-refractivity contribution in [2.75, 3.05) is 0 Å². The zero-order chi connectivity index (χ0) is 19.8. The molecule has 6 nitrogen and oxygen atoms in total. The number of carbonyl (C=O) groups excluding carboxylic acids is 1. The number of hydrogen-bond donors (Lipinski definition) is 1. The number of aromatic nitrogens is 3. The number of rotatable bonds is 5. The van der Waals surface area contributed by atoms with Gasteiger partial charge in [0, 0.05) is 17.7 Å². The van der Waals surface area contributed by atoms with E-state index in [9.17, 15) is 4.79 Å². The first-order valence-corrected chi connectivity index (χ1v) is 9.67. The van der Waals surface area contributed by atoms with Gasteiger partial charge in [0.15, 0.2) is 5.65 Å². The summed E-state index contributed by atoms with van der Waals surface area (Å²) in [5, 5.41) is 17.3. The monoisotopic (exact) mass is 373 g/mol. The fourth-order valence-corrected chi connectivity index (χ4v) is 3.40. The zero-order valence-electron chi connectivity index (χ0n) is 16.3. The van der Waals surface area contributed by atoms with Gasteiger partial charge in [-0.05, 0) is 57.4 Å². The van der Waals surface area contributed by atoms with Crippen molar-refractivity contribution in [1.29, 1.82) is 5.26 Å². The van der Waals surface area contributed by atoms with Crippen LogP contribution in [0.2, 0.25) is 0 Å². The van der Waals surface area contributed by atoms with E-state index in [2.05, 4.69) is 30.3 Å². The Labute approximate surface area is 164 Å². The molecule has 28 heavy (non-hydrogen) atoms. The number of amides is 1. The van der Waals surface area contributed by atoms with Gasteiger partial charge in [0.05, 0.1) is 34.8 Å². The van der Waals surface area contributed by atoms with E-state index < -0.39 is 0 Å². The van der Waals surface area contributed by atoms with Crippen LogP contribution in [-0.4, -0.2) is 20.7 Å². The Hall–Kier alpha value is -3.20. The molecule has 1 atom stereocenters. The molecule has 1 aliphatic carbocycles. The molecule has 0 saturated heterocycles. The smallest absolute Gasteiger partial charge is 0.252 e. The third kappa shape index (κ3) is 3.36. The lowest BCUT2D eigenvalue weighted by Crippen LogP contribution is -2.27. The molecule has 1 amide bonds. The molecule has 1 aromatic carbocycles. The molecule has 0 aliphatic heterocycles. The second kappa shape index (κ2) is 7.08. The fourth-order valence-electron chi connectivity index (χ4n) is 3.40. The molecule has 2 aromatic heterocycles. The van der Waals surface area contributed by atoms with Gasteiger partial charge in [-0.25, -0.2) is 9.67 Å². The normalized spacial score (nSPS) is 14.8. The molecule has 0 spiro atoms. The first-order valence-electron chi connectivity index (χ1n) is 9.67. The SMILES string of the molecule is CC(NC(=O)c1cc(C2CC2)nc2c1cnn2C(C)C)c1ccc(C#N)cc1. The highest BCUT2D eigenvalue weighted by Gasteiger charge is 2.28. The lowest BCUT2D eigenvalue weighted by Gasteiger charge is -2.16. The highest BCUT2D eigenvalue weighted by atomic mass is 16.1. The summed E-state index contributed by atoms with van der Waals surface area (Å²) in [4.78, 5) is 17.9. The first kappa shape index (κ1) is 18.2. The van der Waals surface area contributed by atoms with E-state index in [4.69, 9.17) is 10.2 Å². The molecule has 6 heteroatoms. The number of carbonyl (C=O) groups is 1. The van der Waals surface area contributed by atoms with Crippen LogP contribution in [0, 0.1) is 11.3 Å². The number of benzene rings is 1. The molecule has 1 fully saturated rings. The molecule has 3 aromatic rings. The van der Waals surface area contributed by atoms with E-state index in [0.29, 0.717) is 17.0 Å². The number of pyridine rings is 1. The van der Waals surface area contributed by atoms with E-state index in [1.807, 2.05) is 29.8 Å². The van der Waals surface area contributed by atoms with Crippen molar-refractivity contribution >= 4 is 16.9 Å². The summed E-state index contributed by atoms with van der Waals surface area (Å²) in [6.45, 7) is 6.06. The summed E-state index contributed by atoms with van der Waals surface area (Å²) in [7, 11) is 0. The molecule has 1 saturated carbocycles. The maximum Gasteiger partial charge on any atom is 0.252 e. The van der Waals surface area contributed by atoms with Crippen molar-refractivity contribution < 1.29 is 4.79 Å². The van der Waals surface area contributed by atoms with Crippen molar-refractivity contribution in [2.24, 2.45) is 0 Å². The maximum atomic E-state index is 13.1. The summed E-state index contributed by atoms with van der Waals surface area (Å²) < 4.78 is 1.88. The Balaban J connectivity index is 1.67. The van der Waals surface area contributed by atoms with Gasteiger partial charge >= 0.3 is 0 Å². The van der Waals surface area contributed by atoms with Gasteiger partial charge in [0.25, 0.3) is 5.91 Å². The Morgan fingerprint density at radius 2 is 1.96 bits per heavy atom. The molecule has 142 valence electrons. The molecule has 4 rings (SSSR count). The van der Waals surface area contributed by atoms with Crippen molar-refractivity contribution in [1.82, 2.24) is 20.1 Å². The van der Waals surface area contributed by atoms with E-state index in [1.165, 1.54) is 0 Å². The molecule has 2 heterocycles. The van der Waals surface area contributed by atoms with Crippen LogP contribution in [0.5, 0.6) is 0 Å². The van der Waals surface area contributed by atoms with Crippen LogP contribution in [0.3, 0.4) is 0 Å². The van der Waals surface area contributed by atoms with Crippen LogP contribution >= 0.6 is 0 Å². The molecule has 0 bridgehead atoms. The molecule has 0 radical (unpaired) electrons. The van der Waals surface area contributed by atoms with E-state index >= 15 is 0 Å². The minimum Gasteiger partial charge on any atom is -0.345 e. The largest absolute Gasteiger partial charge is 0.345 e. The van der Waals surface area contributed by atoms with Gasteiger partial charge in [-0.15, -0.1) is 0 Å². The predicted octanol–water partition coefficient (Wildman–Crippen LogP) is 4.25. The number of nitrogens with zero attached hydrogens (tertiary/aromatic N) is 4. The zero-order valence-corrected chi connectivity index (χ0v) is 16.3. The lowest BCUT2D eigenvalue weighted by atomic mass is 10.0. The van der Waals surface area contributed by atoms with Crippen LogP contribution < -0.4 is 5.32 Å². The highest BCUT2D eigenvalue weighted by Crippen LogP contribution is 2.40. The standard InChI is InChI=1S/C22H23N5O/c1-13(2)27-21-19(12-24-27)18(10-20(26-21)17-8-9-17)22(28)25-14(3)16-6-4-15(11-23)5-7-16/h4-7,10,12-14,17H,8-9H2,1-3H3,(H,25,28). The summed E-state index contributed by atoms with van der Waals surface area (Å²) in [6.07, 6.45) is 3.98. The number of hydrogen-bond acceptors (Lipinski definition) is 4. The Bertz CT molecular complexity index is 1070. The fraction of sp³-hybridized carbons (Fsp3) is 0.364. The van der Waals surface area contributed by atoms with Crippen molar-refractivity contribution in [3.63, 3.8) is 0 Å². The van der Waals surface area contributed by atoms with Crippen molar-refractivity contribution in [3.8, 4) is 6.07 Å². The van der Waals surface area contributed by atoms with Crippen LogP contribution in [0.4, 0.5) is 0 Å². The average Bonchev–Trinajstić information content (AvgIpc) is 3.45. The van der Waals surface area contributed by atoms with Crippen LogP contribution in [0.25, 0.3) is 11.0 Å². The second-order valence-corrected chi connectivity index (χ2v) is 7.72. The van der Waals surface area contributed by atoms with E-state index in [1.54, 1.807) is 18.3 Å². The molecule has 1 aliphatic rings. The first-order chi connectivity index (χ1) is 13.5.